The summed E-state index contributed by atoms with van der Waals surface area (Å²) in [6.07, 6.45) is 0. The zero-order chi connectivity index (χ0) is 10.8. The fourth-order valence-corrected chi connectivity index (χ4v) is 4.32. The first-order chi connectivity index (χ1) is 5.68. The summed E-state index contributed by atoms with van der Waals surface area (Å²) in [5, 5.41) is 0. The second-order valence-corrected chi connectivity index (χ2v) is 19.0. The monoisotopic (exact) mass is 217 g/mol. The van der Waals surface area contributed by atoms with Crippen molar-refractivity contribution in [3.63, 3.8) is 0 Å². The van der Waals surface area contributed by atoms with Crippen LogP contribution in [0, 0.1) is 0 Å². The van der Waals surface area contributed by atoms with Crippen molar-refractivity contribution in [3.05, 3.63) is 0 Å². The third-order valence-corrected chi connectivity index (χ3v) is 8.20. The first-order valence-electron chi connectivity index (χ1n) is 5.45. The van der Waals surface area contributed by atoms with Gasteiger partial charge in [-0.25, -0.2) is 0 Å². The summed E-state index contributed by atoms with van der Waals surface area (Å²) >= 11 is 0. The molecule has 80 valence electrons. The molecule has 1 unspecified atom stereocenters. The molecule has 0 aromatic carbocycles. The lowest BCUT2D eigenvalue weighted by atomic mass is 10.2. The summed E-state index contributed by atoms with van der Waals surface area (Å²) in [6.45, 7) is 16.7. The third kappa shape index (κ3) is 3.96. The molecule has 0 aliphatic carbocycles. The predicted octanol–water partition coefficient (Wildman–Crippen LogP) is 1.60. The molecule has 0 saturated heterocycles. The predicted molar refractivity (Wildman–Crippen MR) is 69.0 cm³/mol. The van der Waals surface area contributed by atoms with E-state index in [-0.39, 0.29) is 0 Å². The molecule has 0 fully saturated rings. The third-order valence-electron chi connectivity index (χ3n) is 2.89. The molecule has 0 saturated carbocycles. The Morgan fingerprint density at radius 2 is 1.23 bits per heavy atom. The maximum Gasteiger partial charge on any atom is 0.0496 e. The van der Waals surface area contributed by atoms with Crippen molar-refractivity contribution >= 4 is 17.4 Å². The Hall–Kier alpha value is 0.394. The molecule has 0 aromatic rings. The van der Waals surface area contributed by atoms with Gasteiger partial charge in [0.05, 0.1) is 0 Å². The van der Waals surface area contributed by atoms with Gasteiger partial charge in [0.15, 0.2) is 0 Å². The molecule has 0 radical (unpaired) electrons. The molecule has 0 heterocycles. The first-order valence-corrected chi connectivity index (χ1v) is 12.0. The van der Waals surface area contributed by atoms with Gasteiger partial charge in [0, 0.05) is 29.4 Å². The zero-order valence-corrected chi connectivity index (χ0v) is 13.7. The average molecular weight is 218 g/mol. The smallest absolute Gasteiger partial charge is 0.0496 e. The lowest BCUT2D eigenvalue weighted by Gasteiger charge is -2.42. The summed E-state index contributed by atoms with van der Waals surface area (Å²) in [6, 6.07) is 1.38. The van der Waals surface area contributed by atoms with Gasteiger partial charge in [0.2, 0.25) is 0 Å². The van der Waals surface area contributed by atoms with Crippen molar-refractivity contribution in [1.29, 1.82) is 0 Å². The standard InChI is InChI=1S/C10H27NSi2/c1-8(2)11(9(3)4)10(5)13(6,7)12/h8-10H,1-7,12H3. The molecule has 0 bridgehead atoms. The van der Waals surface area contributed by atoms with Gasteiger partial charge in [-0.05, 0) is 33.4 Å². The molecular weight excluding hydrogens is 190 g/mol. The van der Waals surface area contributed by atoms with Crippen LogP contribution in [0.25, 0.3) is 0 Å². The topological polar surface area (TPSA) is 3.24 Å². The number of nitrogens with zero attached hydrogens (tertiary/aromatic N) is 1. The van der Waals surface area contributed by atoms with E-state index in [4.69, 9.17) is 0 Å². The van der Waals surface area contributed by atoms with Crippen molar-refractivity contribution in [1.82, 2.24) is 4.90 Å². The molecule has 0 aliphatic rings. The van der Waals surface area contributed by atoms with E-state index in [1.807, 2.05) is 0 Å². The molecule has 1 atom stereocenters. The molecule has 0 spiro atoms. The van der Waals surface area contributed by atoms with Crippen LogP contribution >= 0.6 is 0 Å². The van der Waals surface area contributed by atoms with Crippen LogP contribution in [0.2, 0.25) is 13.1 Å². The van der Waals surface area contributed by atoms with Crippen LogP contribution in [0.15, 0.2) is 0 Å². The SMILES string of the molecule is CC(C)N(C(C)C)C(C)[Si](C)(C)[SiH3]. The highest BCUT2D eigenvalue weighted by Crippen LogP contribution is 2.17. The lowest BCUT2D eigenvalue weighted by Crippen LogP contribution is -2.56. The number of hydrogen-bond acceptors (Lipinski definition) is 1. The van der Waals surface area contributed by atoms with Crippen LogP contribution in [-0.2, 0) is 0 Å². The Morgan fingerprint density at radius 1 is 0.923 bits per heavy atom. The Labute approximate surface area is 88.1 Å². The van der Waals surface area contributed by atoms with Gasteiger partial charge in [0.1, 0.15) is 0 Å². The maximum absolute atomic E-state index is 2.68. The minimum atomic E-state index is -0.884. The van der Waals surface area contributed by atoms with Gasteiger partial charge < -0.3 is 0 Å². The molecule has 1 nitrogen and oxygen atoms in total. The van der Waals surface area contributed by atoms with Crippen LogP contribution in [-0.4, -0.2) is 40.0 Å². The second kappa shape index (κ2) is 4.76. The van der Waals surface area contributed by atoms with Crippen molar-refractivity contribution < 1.29 is 0 Å². The Balaban J connectivity index is 4.56. The molecule has 3 heteroatoms. The first kappa shape index (κ1) is 13.4. The average Bonchev–Trinajstić information content (AvgIpc) is 1.82. The zero-order valence-electron chi connectivity index (χ0n) is 10.7. The Bertz CT molecular complexity index is 141. The Morgan fingerprint density at radius 3 is 1.31 bits per heavy atom. The van der Waals surface area contributed by atoms with E-state index in [1.165, 1.54) is 9.76 Å². The minimum absolute atomic E-state index is 0.690. The quantitative estimate of drug-likeness (QED) is 0.647. The van der Waals surface area contributed by atoms with Crippen molar-refractivity contribution in [2.45, 2.75) is 65.5 Å². The largest absolute Gasteiger partial charge is 0.299 e. The van der Waals surface area contributed by atoms with E-state index in [0.717, 1.165) is 5.67 Å². The molecule has 13 heavy (non-hydrogen) atoms. The fourth-order valence-electron chi connectivity index (χ4n) is 1.94. The molecule has 0 N–H and O–H groups in total. The van der Waals surface area contributed by atoms with Gasteiger partial charge in [-0.1, -0.05) is 20.0 Å². The van der Waals surface area contributed by atoms with E-state index in [1.54, 1.807) is 0 Å². The van der Waals surface area contributed by atoms with Crippen LogP contribution in [0.4, 0.5) is 0 Å². The normalized spacial score (nSPS) is 16.2. The molecule has 0 aliphatic heterocycles. The van der Waals surface area contributed by atoms with Gasteiger partial charge >= 0.3 is 0 Å². The van der Waals surface area contributed by atoms with Crippen LogP contribution < -0.4 is 0 Å². The van der Waals surface area contributed by atoms with E-state index < -0.39 is 7.59 Å². The summed E-state index contributed by atoms with van der Waals surface area (Å²) in [5.74, 6) is 0. The molecular formula is C10H27NSi2. The molecule has 0 amide bonds. The van der Waals surface area contributed by atoms with Crippen molar-refractivity contribution in [3.8, 4) is 0 Å². The number of hydrogen-bond donors (Lipinski definition) is 0. The highest BCUT2D eigenvalue weighted by atomic mass is 29.2. The van der Waals surface area contributed by atoms with Gasteiger partial charge in [-0.3, -0.25) is 4.90 Å². The highest BCUT2D eigenvalue weighted by molar-refractivity contribution is 7.16. The summed E-state index contributed by atoms with van der Waals surface area (Å²) in [7, 11) is 0.514. The van der Waals surface area contributed by atoms with Crippen LogP contribution in [0.3, 0.4) is 0 Å². The van der Waals surface area contributed by atoms with Gasteiger partial charge in [-0.15, -0.1) is 0 Å². The maximum atomic E-state index is 2.68. The molecule has 0 rings (SSSR count). The summed E-state index contributed by atoms with van der Waals surface area (Å²) < 4.78 is 0. The van der Waals surface area contributed by atoms with Gasteiger partial charge in [0.25, 0.3) is 0 Å². The number of rotatable bonds is 4. The summed E-state index contributed by atoms with van der Waals surface area (Å²) in [4.78, 5) is 2.68. The van der Waals surface area contributed by atoms with Crippen LogP contribution in [0.5, 0.6) is 0 Å². The van der Waals surface area contributed by atoms with E-state index in [0.29, 0.717) is 12.1 Å². The van der Waals surface area contributed by atoms with E-state index in [2.05, 4.69) is 52.6 Å². The second-order valence-electron chi connectivity index (χ2n) is 5.68. The highest BCUT2D eigenvalue weighted by Gasteiger charge is 2.30. The van der Waals surface area contributed by atoms with E-state index >= 15 is 0 Å². The lowest BCUT2D eigenvalue weighted by molar-refractivity contribution is 0.159. The Kier molecular flexibility index (Phi) is 4.90. The summed E-state index contributed by atoms with van der Waals surface area (Å²) in [5.41, 5.74) is 0.833. The van der Waals surface area contributed by atoms with Crippen LogP contribution in [0.1, 0.15) is 34.6 Å². The van der Waals surface area contributed by atoms with E-state index in [9.17, 15) is 0 Å². The molecule has 0 aromatic heterocycles. The van der Waals surface area contributed by atoms with Crippen molar-refractivity contribution in [2.75, 3.05) is 0 Å². The minimum Gasteiger partial charge on any atom is -0.299 e. The van der Waals surface area contributed by atoms with Gasteiger partial charge in [-0.2, -0.15) is 0 Å². The fraction of sp³-hybridized carbons (Fsp3) is 1.00. The van der Waals surface area contributed by atoms with Crippen molar-refractivity contribution in [2.24, 2.45) is 0 Å².